The number of rotatable bonds is 5. The third kappa shape index (κ3) is 2.76. The van der Waals surface area contributed by atoms with Crippen molar-refractivity contribution in [2.45, 2.75) is 25.3 Å². The van der Waals surface area contributed by atoms with Crippen LogP contribution in [0.15, 0.2) is 42.5 Å². The Hall–Kier alpha value is -2.40. The topological polar surface area (TPSA) is 58.6 Å². The minimum absolute atomic E-state index is 0.0178. The van der Waals surface area contributed by atoms with Crippen LogP contribution in [0.2, 0.25) is 0 Å². The van der Waals surface area contributed by atoms with E-state index in [1.54, 1.807) is 12.0 Å². The number of hydrogen-bond acceptors (Lipinski definition) is 3. The van der Waals surface area contributed by atoms with Gasteiger partial charge in [0, 0.05) is 25.5 Å². The van der Waals surface area contributed by atoms with E-state index in [-0.39, 0.29) is 11.8 Å². The second kappa shape index (κ2) is 6.61. The smallest absolute Gasteiger partial charge is 0.246 e. The van der Waals surface area contributed by atoms with Gasteiger partial charge in [0.15, 0.2) is 0 Å². The number of amides is 2. The molecule has 0 unspecified atom stereocenters. The third-order valence-electron chi connectivity index (χ3n) is 4.66. The van der Waals surface area contributed by atoms with Crippen LogP contribution in [0.25, 0.3) is 10.8 Å². The van der Waals surface area contributed by atoms with Crippen molar-refractivity contribution in [3.8, 4) is 0 Å². The van der Waals surface area contributed by atoms with E-state index < -0.39 is 5.54 Å². The minimum Gasteiger partial charge on any atom is -0.383 e. The van der Waals surface area contributed by atoms with Crippen LogP contribution < -0.4 is 10.2 Å². The van der Waals surface area contributed by atoms with E-state index in [0.29, 0.717) is 26.0 Å². The van der Waals surface area contributed by atoms with Crippen molar-refractivity contribution in [1.82, 2.24) is 5.32 Å². The largest absolute Gasteiger partial charge is 0.383 e. The zero-order valence-corrected chi connectivity index (χ0v) is 14.0. The zero-order valence-electron chi connectivity index (χ0n) is 14.0. The van der Waals surface area contributed by atoms with E-state index in [0.717, 1.165) is 16.5 Å². The molecule has 0 aliphatic carbocycles. The summed E-state index contributed by atoms with van der Waals surface area (Å²) in [6.07, 6.45) is 0.880. The van der Waals surface area contributed by atoms with Gasteiger partial charge in [0.1, 0.15) is 5.54 Å². The second-order valence-electron chi connectivity index (χ2n) is 6.25. The first-order chi connectivity index (χ1) is 11.6. The molecule has 2 aromatic rings. The molecule has 1 saturated heterocycles. The number of anilines is 1. The van der Waals surface area contributed by atoms with Crippen molar-refractivity contribution in [2.24, 2.45) is 0 Å². The molecule has 0 radical (unpaired) electrons. The van der Waals surface area contributed by atoms with E-state index in [2.05, 4.69) is 5.32 Å². The number of ether oxygens (including phenoxy) is 1. The molecule has 5 heteroatoms. The lowest BCUT2D eigenvalue weighted by molar-refractivity contribution is -0.127. The van der Waals surface area contributed by atoms with Crippen molar-refractivity contribution in [3.05, 3.63) is 42.5 Å². The van der Waals surface area contributed by atoms with Crippen molar-refractivity contribution < 1.29 is 14.3 Å². The van der Waals surface area contributed by atoms with Gasteiger partial charge < -0.3 is 10.1 Å². The number of carbonyl (C=O) groups excluding carboxylic acids is 2. The van der Waals surface area contributed by atoms with Crippen LogP contribution >= 0.6 is 0 Å². The maximum atomic E-state index is 12.7. The highest BCUT2D eigenvalue weighted by atomic mass is 16.5. The molecule has 3 rings (SSSR count). The van der Waals surface area contributed by atoms with E-state index in [4.69, 9.17) is 4.74 Å². The van der Waals surface area contributed by atoms with Crippen LogP contribution in [0.3, 0.4) is 0 Å². The SMILES string of the molecule is COCCNC(=O)[C@@]1(C)CCC(=O)N1c1cccc2ccccc12. The highest BCUT2D eigenvalue weighted by molar-refractivity contribution is 6.11. The molecule has 1 N–H and O–H groups in total. The van der Waals surface area contributed by atoms with Gasteiger partial charge in [0.2, 0.25) is 11.8 Å². The van der Waals surface area contributed by atoms with Crippen LogP contribution in [0.4, 0.5) is 5.69 Å². The first-order valence-electron chi connectivity index (χ1n) is 8.16. The van der Waals surface area contributed by atoms with Crippen molar-refractivity contribution in [3.63, 3.8) is 0 Å². The number of benzene rings is 2. The number of hydrogen-bond donors (Lipinski definition) is 1. The summed E-state index contributed by atoms with van der Waals surface area (Å²) in [5.74, 6) is -0.158. The van der Waals surface area contributed by atoms with Gasteiger partial charge in [0.05, 0.1) is 12.3 Å². The summed E-state index contributed by atoms with van der Waals surface area (Å²) in [7, 11) is 1.59. The van der Waals surface area contributed by atoms with Gasteiger partial charge in [-0.25, -0.2) is 0 Å². The number of methoxy groups -OCH3 is 1. The molecule has 0 bridgehead atoms. The van der Waals surface area contributed by atoms with Crippen molar-refractivity contribution in [1.29, 1.82) is 0 Å². The lowest BCUT2D eigenvalue weighted by atomic mass is 9.96. The fourth-order valence-corrected chi connectivity index (χ4v) is 3.32. The molecule has 5 nitrogen and oxygen atoms in total. The maximum absolute atomic E-state index is 12.7. The summed E-state index contributed by atoms with van der Waals surface area (Å²) in [5, 5.41) is 4.91. The average molecular weight is 326 g/mol. The van der Waals surface area contributed by atoms with E-state index >= 15 is 0 Å². The van der Waals surface area contributed by atoms with Crippen molar-refractivity contribution >= 4 is 28.3 Å². The van der Waals surface area contributed by atoms with E-state index in [9.17, 15) is 9.59 Å². The van der Waals surface area contributed by atoms with Crippen LogP contribution in [0.1, 0.15) is 19.8 Å². The number of nitrogens with zero attached hydrogens (tertiary/aromatic N) is 1. The maximum Gasteiger partial charge on any atom is 0.246 e. The van der Waals surface area contributed by atoms with E-state index in [1.807, 2.05) is 49.4 Å². The van der Waals surface area contributed by atoms with Crippen LogP contribution in [0, 0.1) is 0 Å². The first kappa shape index (κ1) is 16.5. The average Bonchev–Trinajstić information content (AvgIpc) is 2.90. The molecule has 1 heterocycles. The third-order valence-corrected chi connectivity index (χ3v) is 4.66. The van der Waals surface area contributed by atoms with Gasteiger partial charge in [-0.3, -0.25) is 14.5 Å². The zero-order chi connectivity index (χ0) is 17.2. The van der Waals surface area contributed by atoms with Crippen LogP contribution in [-0.2, 0) is 14.3 Å². The standard InChI is InChI=1S/C19H22N2O3/c1-19(18(23)20-12-13-24-2)11-10-17(22)21(19)16-9-5-7-14-6-3-4-8-15(14)16/h3-9H,10-13H2,1-2H3,(H,20,23)/t19-/m1/s1. The predicted molar refractivity (Wildman–Crippen MR) is 94.0 cm³/mol. The molecule has 126 valence electrons. The van der Waals surface area contributed by atoms with Crippen LogP contribution in [-0.4, -0.2) is 37.6 Å². The second-order valence-corrected chi connectivity index (χ2v) is 6.25. The summed E-state index contributed by atoms with van der Waals surface area (Å²) in [4.78, 5) is 27.0. The Labute approximate surface area is 141 Å². The molecule has 0 spiro atoms. The summed E-state index contributed by atoms with van der Waals surface area (Å²) >= 11 is 0. The Morgan fingerprint density at radius 2 is 2.00 bits per heavy atom. The lowest BCUT2D eigenvalue weighted by Crippen LogP contribution is -2.55. The number of fused-ring (bicyclic) bond motifs is 1. The van der Waals surface area contributed by atoms with Gasteiger partial charge in [-0.2, -0.15) is 0 Å². The molecule has 24 heavy (non-hydrogen) atoms. The van der Waals surface area contributed by atoms with Crippen LogP contribution in [0.5, 0.6) is 0 Å². The Morgan fingerprint density at radius 1 is 1.25 bits per heavy atom. The van der Waals surface area contributed by atoms with Gasteiger partial charge in [-0.1, -0.05) is 36.4 Å². The normalized spacial score (nSPS) is 20.6. The predicted octanol–water partition coefficient (Wildman–Crippen LogP) is 2.49. The Balaban J connectivity index is 2.00. The van der Waals surface area contributed by atoms with Gasteiger partial charge in [-0.15, -0.1) is 0 Å². The minimum atomic E-state index is -0.880. The molecule has 2 amide bonds. The lowest BCUT2D eigenvalue weighted by Gasteiger charge is -2.34. The van der Waals surface area contributed by atoms with E-state index in [1.165, 1.54) is 0 Å². The number of nitrogens with one attached hydrogen (secondary N) is 1. The summed E-state index contributed by atoms with van der Waals surface area (Å²) in [6, 6.07) is 13.7. The van der Waals surface area contributed by atoms with Gasteiger partial charge in [0.25, 0.3) is 0 Å². The molecular weight excluding hydrogens is 304 g/mol. The fraction of sp³-hybridized carbons (Fsp3) is 0.368. The molecule has 1 atom stereocenters. The Morgan fingerprint density at radius 3 is 2.79 bits per heavy atom. The highest BCUT2D eigenvalue weighted by Crippen LogP contribution is 2.38. The quantitative estimate of drug-likeness (QED) is 0.859. The summed E-state index contributed by atoms with van der Waals surface area (Å²) < 4.78 is 4.98. The Kier molecular flexibility index (Phi) is 4.53. The molecule has 1 fully saturated rings. The molecule has 0 saturated carbocycles. The molecule has 1 aliphatic rings. The summed E-state index contributed by atoms with van der Waals surface area (Å²) in [5.41, 5.74) is -0.0884. The number of carbonyl (C=O) groups is 2. The van der Waals surface area contributed by atoms with Crippen molar-refractivity contribution in [2.75, 3.05) is 25.2 Å². The fourth-order valence-electron chi connectivity index (χ4n) is 3.32. The molecular formula is C19H22N2O3. The first-order valence-corrected chi connectivity index (χ1v) is 8.16. The molecule has 2 aromatic carbocycles. The van der Waals surface area contributed by atoms with Gasteiger partial charge >= 0.3 is 0 Å². The molecule has 1 aliphatic heterocycles. The monoisotopic (exact) mass is 326 g/mol. The highest BCUT2D eigenvalue weighted by Gasteiger charge is 2.48. The Bertz CT molecular complexity index is 769. The summed E-state index contributed by atoms with van der Waals surface area (Å²) in [6.45, 7) is 2.72. The molecule has 0 aromatic heterocycles. The van der Waals surface area contributed by atoms with Gasteiger partial charge in [-0.05, 0) is 24.8 Å².